The lowest BCUT2D eigenvalue weighted by Crippen LogP contribution is -2.43. The van der Waals surface area contributed by atoms with Crippen LogP contribution in [-0.2, 0) is 19.1 Å². The average Bonchev–Trinajstić information content (AvgIpc) is 3.41. The van der Waals surface area contributed by atoms with Crippen molar-refractivity contribution in [2.75, 3.05) is 6.61 Å². The Bertz CT molecular complexity index is 1310. The Kier molecular flexibility index (Phi) is 6.97. The summed E-state index contributed by atoms with van der Waals surface area (Å²) in [7, 11) is 0. The molecule has 7 heteroatoms. The summed E-state index contributed by atoms with van der Waals surface area (Å²) in [6, 6.07) is 16.4. The molecule has 2 aliphatic carbocycles. The van der Waals surface area contributed by atoms with Crippen LogP contribution >= 0.6 is 0 Å². The van der Waals surface area contributed by atoms with Gasteiger partial charge in [0, 0.05) is 29.0 Å². The van der Waals surface area contributed by atoms with Crippen molar-refractivity contribution in [2.45, 2.75) is 58.3 Å². The first-order valence-electron chi connectivity index (χ1n) is 13.0. The quantitative estimate of drug-likeness (QED) is 0.436. The van der Waals surface area contributed by atoms with E-state index in [1.54, 1.807) is 54.6 Å². The number of hydrogen-bond acceptors (Lipinski definition) is 6. The molecule has 5 rings (SSSR count). The summed E-state index contributed by atoms with van der Waals surface area (Å²) in [5.41, 5.74) is 4.54. The Labute approximate surface area is 222 Å². The first-order chi connectivity index (χ1) is 18.1. The molecule has 0 bridgehead atoms. The highest BCUT2D eigenvalue weighted by Gasteiger charge is 2.48. The number of ether oxygens (including phenoxy) is 2. The first-order valence-corrected chi connectivity index (χ1v) is 13.0. The fourth-order valence-corrected chi connectivity index (χ4v) is 6.01. The predicted octanol–water partition coefficient (Wildman–Crippen LogP) is 4.44. The molecule has 2 N–H and O–H groups in total. The molecule has 2 aromatic rings. The van der Waals surface area contributed by atoms with Gasteiger partial charge in [0.15, 0.2) is 6.10 Å². The second kappa shape index (κ2) is 10.2. The number of hydrogen-bond donors (Lipinski definition) is 2. The Hall–Kier alpha value is -3.71. The first kappa shape index (κ1) is 25.9. The van der Waals surface area contributed by atoms with Gasteiger partial charge < -0.3 is 19.9 Å². The molecule has 3 aliphatic rings. The summed E-state index contributed by atoms with van der Waals surface area (Å²) in [4.78, 5) is 39.1. The van der Waals surface area contributed by atoms with E-state index in [0.717, 1.165) is 18.4 Å². The maximum absolute atomic E-state index is 13.6. The molecule has 1 amide bonds. The van der Waals surface area contributed by atoms with E-state index in [1.807, 2.05) is 13.0 Å². The van der Waals surface area contributed by atoms with Crippen LogP contribution in [0, 0.1) is 11.3 Å². The Morgan fingerprint density at radius 2 is 1.71 bits per heavy atom. The van der Waals surface area contributed by atoms with Gasteiger partial charge in [0.2, 0.25) is 0 Å². The van der Waals surface area contributed by atoms with Crippen molar-refractivity contribution < 1.29 is 29.0 Å². The summed E-state index contributed by atoms with van der Waals surface area (Å²) in [5.74, 6) is -1.75. The number of carbonyl (C=O) groups is 3. The van der Waals surface area contributed by atoms with Crippen molar-refractivity contribution >= 4 is 17.8 Å². The van der Waals surface area contributed by atoms with Gasteiger partial charge in [-0.2, -0.15) is 0 Å². The third-order valence-corrected chi connectivity index (χ3v) is 7.86. The van der Waals surface area contributed by atoms with Crippen LogP contribution in [0.25, 0.3) is 0 Å². The van der Waals surface area contributed by atoms with Gasteiger partial charge in [0.1, 0.15) is 12.7 Å². The number of aliphatic hydroxyl groups is 1. The number of nitrogens with one attached hydrogen (secondary N) is 1. The molecule has 198 valence electrons. The molecule has 1 fully saturated rings. The van der Waals surface area contributed by atoms with Gasteiger partial charge in [-0.25, -0.2) is 9.59 Å². The minimum Gasteiger partial charge on any atom is -0.458 e. The highest BCUT2D eigenvalue weighted by Crippen LogP contribution is 2.52. The highest BCUT2D eigenvalue weighted by molar-refractivity contribution is 5.95. The molecule has 7 nitrogen and oxygen atoms in total. The van der Waals surface area contributed by atoms with Crippen LogP contribution < -0.4 is 5.32 Å². The molecule has 0 unspecified atom stereocenters. The molecule has 38 heavy (non-hydrogen) atoms. The minimum atomic E-state index is -1.67. The smallest absolute Gasteiger partial charge is 0.338 e. The van der Waals surface area contributed by atoms with E-state index in [4.69, 9.17) is 9.47 Å². The molecular formula is C31H33NO6. The molecule has 4 atom stereocenters. The molecule has 0 saturated heterocycles. The summed E-state index contributed by atoms with van der Waals surface area (Å²) in [6.07, 6.45) is -0.263. The maximum Gasteiger partial charge on any atom is 0.338 e. The number of cyclic esters (lactones) is 1. The van der Waals surface area contributed by atoms with Crippen molar-refractivity contribution in [3.05, 3.63) is 94.1 Å². The average molecular weight is 516 g/mol. The largest absolute Gasteiger partial charge is 0.458 e. The van der Waals surface area contributed by atoms with Crippen LogP contribution in [0.15, 0.2) is 83.0 Å². The van der Waals surface area contributed by atoms with E-state index in [9.17, 15) is 19.5 Å². The van der Waals surface area contributed by atoms with Gasteiger partial charge in [-0.15, -0.1) is 0 Å². The van der Waals surface area contributed by atoms with Gasteiger partial charge in [-0.05, 0) is 42.9 Å². The number of rotatable bonds is 6. The van der Waals surface area contributed by atoms with Crippen LogP contribution in [-0.4, -0.2) is 41.8 Å². The van der Waals surface area contributed by atoms with Crippen molar-refractivity contribution in [2.24, 2.45) is 11.3 Å². The van der Waals surface area contributed by atoms with E-state index < -0.39 is 30.1 Å². The second-order valence-electron chi connectivity index (χ2n) is 11.2. The van der Waals surface area contributed by atoms with Crippen molar-refractivity contribution in [3.63, 3.8) is 0 Å². The number of amides is 1. The van der Waals surface area contributed by atoms with Crippen LogP contribution in [0.4, 0.5) is 0 Å². The number of benzene rings is 2. The normalized spacial score (nSPS) is 23.6. The minimum absolute atomic E-state index is 0.0162. The van der Waals surface area contributed by atoms with E-state index in [2.05, 4.69) is 19.2 Å². The molecule has 2 aromatic carbocycles. The number of carbonyl (C=O) groups excluding carboxylic acids is 3. The second-order valence-corrected chi connectivity index (χ2v) is 11.2. The fourth-order valence-electron chi connectivity index (χ4n) is 6.01. The van der Waals surface area contributed by atoms with Gasteiger partial charge >= 0.3 is 11.9 Å². The number of fused-ring (bicyclic) bond motifs is 1. The van der Waals surface area contributed by atoms with Gasteiger partial charge in [0.05, 0.1) is 6.04 Å². The molecule has 1 heterocycles. The van der Waals surface area contributed by atoms with Crippen molar-refractivity contribution in [1.82, 2.24) is 5.32 Å². The highest BCUT2D eigenvalue weighted by atomic mass is 16.6. The van der Waals surface area contributed by atoms with Crippen LogP contribution in [0.3, 0.4) is 0 Å². The fraction of sp³-hybridized carbons (Fsp3) is 0.387. The van der Waals surface area contributed by atoms with E-state index in [0.29, 0.717) is 28.7 Å². The lowest BCUT2D eigenvalue weighted by atomic mass is 9.86. The Morgan fingerprint density at radius 1 is 1.05 bits per heavy atom. The van der Waals surface area contributed by atoms with Crippen LogP contribution in [0.5, 0.6) is 0 Å². The standard InChI is InChI=1S/C31H33NO6/c1-18-14-21-24(17-37-29(21)35)27(23-16-31(2,3)15-22(18)23)38-30(36)26(33)25(19-10-6-4-7-11-19)32-28(34)20-12-8-5-9-13-20/h4-13,23,25-27,33H,14-17H2,1-3H3,(H,32,34)/t23-,25+,26-,27+/m1/s1. The zero-order chi connectivity index (χ0) is 27.0. The van der Waals surface area contributed by atoms with E-state index in [-0.39, 0.29) is 23.9 Å². The monoisotopic (exact) mass is 515 g/mol. The lowest BCUT2D eigenvalue weighted by Gasteiger charge is -2.29. The molecule has 0 radical (unpaired) electrons. The van der Waals surface area contributed by atoms with Gasteiger partial charge in [0.25, 0.3) is 5.91 Å². The zero-order valence-corrected chi connectivity index (χ0v) is 21.9. The predicted molar refractivity (Wildman–Crippen MR) is 141 cm³/mol. The summed E-state index contributed by atoms with van der Waals surface area (Å²) in [6.45, 7) is 6.48. The van der Waals surface area contributed by atoms with Crippen molar-refractivity contribution in [1.29, 1.82) is 0 Å². The molecular weight excluding hydrogens is 482 g/mol. The van der Waals surface area contributed by atoms with Crippen molar-refractivity contribution in [3.8, 4) is 0 Å². The number of allylic oxidation sites excluding steroid dienone is 1. The van der Waals surface area contributed by atoms with E-state index >= 15 is 0 Å². The summed E-state index contributed by atoms with van der Waals surface area (Å²) >= 11 is 0. The van der Waals surface area contributed by atoms with Crippen LogP contribution in [0.1, 0.15) is 62.0 Å². The van der Waals surface area contributed by atoms with Gasteiger partial charge in [-0.3, -0.25) is 4.79 Å². The SMILES string of the molecule is CC1=C2CC(C)(C)C[C@H]2[C@H](OC(=O)[C@H](O)[C@@H](NC(=O)c2ccccc2)c2ccccc2)C2=C(C1)C(=O)OC2. The molecule has 1 saturated carbocycles. The lowest BCUT2D eigenvalue weighted by molar-refractivity contribution is -0.161. The number of aliphatic hydroxyl groups excluding tert-OH is 1. The molecule has 0 aromatic heterocycles. The Morgan fingerprint density at radius 3 is 2.39 bits per heavy atom. The Balaban J connectivity index is 1.44. The zero-order valence-electron chi connectivity index (χ0n) is 21.9. The molecule has 1 aliphatic heterocycles. The third kappa shape index (κ3) is 5.03. The van der Waals surface area contributed by atoms with Crippen LogP contribution in [0.2, 0.25) is 0 Å². The number of esters is 2. The molecule has 0 spiro atoms. The maximum atomic E-state index is 13.6. The summed E-state index contributed by atoms with van der Waals surface area (Å²) < 4.78 is 11.4. The van der Waals surface area contributed by atoms with E-state index in [1.165, 1.54) is 5.57 Å². The van der Waals surface area contributed by atoms with Gasteiger partial charge in [-0.1, -0.05) is 73.5 Å². The summed E-state index contributed by atoms with van der Waals surface area (Å²) in [5, 5.41) is 14.1. The topological polar surface area (TPSA) is 102 Å². The third-order valence-electron chi connectivity index (χ3n) is 7.86.